The molecule has 0 aromatic heterocycles. The van der Waals surface area contributed by atoms with Gasteiger partial charge in [-0.25, -0.2) is 0 Å². The van der Waals surface area contributed by atoms with E-state index in [-0.39, 0.29) is 11.5 Å². The molecular weight excluding hydrogens is 220 g/mol. The summed E-state index contributed by atoms with van der Waals surface area (Å²) in [6, 6.07) is 9.40. The molecule has 3 heteroatoms. The molecule has 0 heterocycles. The lowest BCUT2D eigenvalue weighted by Crippen LogP contribution is -2.08. The molecule has 1 rings (SSSR count). The van der Waals surface area contributed by atoms with Crippen molar-refractivity contribution in [2.75, 3.05) is 5.75 Å². The Morgan fingerprint density at radius 1 is 1.44 bits per heavy atom. The van der Waals surface area contributed by atoms with Gasteiger partial charge in [0.05, 0.1) is 6.42 Å². The van der Waals surface area contributed by atoms with Crippen LogP contribution < -0.4 is 0 Å². The van der Waals surface area contributed by atoms with Gasteiger partial charge in [-0.1, -0.05) is 48.7 Å². The summed E-state index contributed by atoms with van der Waals surface area (Å²) in [5, 5.41) is 9.48. The van der Waals surface area contributed by atoms with Crippen LogP contribution in [0.5, 0.6) is 0 Å². The van der Waals surface area contributed by atoms with Gasteiger partial charge in [0.2, 0.25) is 0 Å². The summed E-state index contributed by atoms with van der Waals surface area (Å²) in [6.45, 7) is 1.91. The first-order chi connectivity index (χ1) is 7.72. The smallest absolute Gasteiger partial charge is 0.192 e. The molecule has 0 aliphatic carbocycles. The zero-order valence-corrected chi connectivity index (χ0v) is 9.96. The van der Waals surface area contributed by atoms with Gasteiger partial charge in [0.15, 0.2) is 5.12 Å². The van der Waals surface area contributed by atoms with Gasteiger partial charge < -0.3 is 5.11 Å². The minimum atomic E-state index is -0.869. The highest BCUT2D eigenvalue weighted by atomic mass is 32.2. The molecule has 0 amide bonds. The van der Waals surface area contributed by atoms with Crippen molar-refractivity contribution >= 4 is 16.9 Å². The van der Waals surface area contributed by atoms with Crippen molar-refractivity contribution in [3.05, 3.63) is 35.9 Å². The Morgan fingerprint density at radius 3 is 2.75 bits per heavy atom. The van der Waals surface area contributed by atoms with Crippen LogP contribution in [0.3, 0.4) is 0 Å². The zero-order valence-electron chi connectivity index (χ0n) is 9.14. The molecular formula is C13H14O2S. The van der Waals surface area contributed by atoms with Crippen molar-refractivity contribution in [3.8, 4) is 11.8 Å². The van der Waals surface area contributed by atoms with E-state index in [0.29, 0.717) is 0 Å². The first-order valence-corrected chi connectivity index (χ1v) is 6.11. The van der Waals surface area contributed by atoms with Gasteiger partial charge in [-0.2, -0.15) is 0 Å². The van der Waals surface area contributed by atoms with E-state index in [1.807, 2.05) is 37.3 Å². The summed E-state index contributed by atoms with van der Waals surface area (Å²) < 4.78 is 0. The van der Waals surface area contributed by atoms with Gasteiger partial charge >= 0.3 is 0 Å². The van der Waals surface area contributed by atoms with Crippen LogP contribution in [0.1, 0.15) is 18.9 Å². The van der Waals surface area contributed by atoms with Gasteiger partial charge in [-0.05, 0) is 17.9 Å². The molecule has 0 unspecified atom stereocenters. The van der Waals surface area contributed by atoms with Crippen LogP contribution in [0, 0.1) is 11.8 Å². The summed E-state index contributed by atoms with van der Waals surface area (Å²) in [7, 11) is 0. The molecule has 1 N–H and O–H groups in total. The topological polar surface area (TPSA) is 37.3 Å². The molecule has 2 nitrogen and oxygen atoms in total. The quantitative estimate of drug-likeness (QED) is 0.813. The van der Waals surface area contributed by atoms with E-state index in [1.54, 1.807) is 0 Å². The molecule has 0 aliphatic heterocycles. The first-order valence-electron chi connectivity index (χ1n) is 5.12. The highest BCUT2D eigenvalue weighted by Gasteiger charge is 2.07. The number of benzene rings is 1. The maximum absolute atomic E-state index is 11.2. The van der Waals surface area contributed by atoms with Crippen LogP contribution in [0.4, 0.5) is 0 Å². The lowest BCUT2D eigenvalue weighted by molar-refractivity contribution is -0.112. The van der Waals surface area contributed by atoms with Crippen molar-refractivity contribution in [2.24, 2.45) is 0 Å². The van der Waals surface area contributed by atoms with Crippen molar-refractivity contribution in [3.63, 3.8) is 0 Å². The van der Waals surface area contributed by atoms with Crippen LogP contribution >= 0.6 is 11.8 Å². The molecule has 1 aromatic rings. The third-order valence-corrected chi connectivity index (χ3v) is 2.60. The second kappa shape index (κ2) is 7.10. The number of rotatable bonds is 3. The molecule has 0 radical (unpaired) electrons. The third-order valence-electron chi connectivity index (χ3n) is 1.82. The van der Waals surface area contributed by atoms with Crippen molar-refractivity contribution in [1.29, 1.82) is 0 Å². The lowest BCUT2D eigenvalue weighted by Gasteiger charge is -2.00. The van der Waals surface area contributed by atoms with Crippen LogP contribution in [0.25, 0.3) is 0 Å². The normalized spacial score (nSPS) is 11.4. The Kier molecular flexibility index (Phi) is 5.69. The van der Waals surface area contributed by atoms with Crippen LogP contribution in [0.15, 0.2) is 30.3 Å². The molecule has 0 aliphatic rings. The molecule has 84 valence electrons. The van der Waals surface area contributed by atoms with Crippen molar-refractivity contribution in [2.45, 2.75) is 19.4 Å². The van der Waals surface area contributed by atoms with Crippen LogP contribution in [0.2, 0.25) is 0 Å². The first kappa shape index (κ1) is 12.8. The van der Waals surface area contributed by atoms with Gasteiger partial charge in [0, 0.05) is 5.56 Å². The molecule has 0 saturated carbocycles. The van der Waals surface area contributed by atoms with Crippen LogP contribution in [-0.4, -0.2) is 22.1 Å². The van der Waals surface area contributed by atoms with E-state index >= 15 is 0 Å². The summed E-state index contributed by atoms with van der Waals surface area (Å²) in [4.78, 5) is 11.2. The monoisotopic (exact) mass is 234 g/mol. The summed E-state index contributed by atoms with van der Waals surface area (Å²) in [6.07, 6.45) is -0.773. The van der Waals surface area contributed by atoms with Gasteiger partial charge in [-0.3, -0.25) is 4.79 Å². The van der Waals surface area contributed by atoms with E-state index in [1.165, 1.54) is 11.8 Å². The SMILES string of the molecule is CCSC(=O)C[C@H](O)C#Cc1ccccc1. The predicted molar refractivity (Wildman–Crippen MR) is 67.1 cm³/mol. The Bertz CT molecular complexity index is 389. The summed E-state index contributed by atoms with van der Waals surface area (Å²) in [5.74, 6) is 6.22. The molecule has 0 bridgehead atoms. The van der Waals surface area contributed by atoms with Gasteiger partial charge in [0.25, 0.3) is 0 Å². The second-order valence-electron chi connectivity index (χ2n) is 3.16. The average molecular weight is 234 g/mol. The number of carbonyl (C=O) groups is 1. The highest BCUT2D eigenvalue weighted by Crippen LogP contribution is 2.06. The van der Waals surface area contributed by atoms with E-state index in [4.69, 9.17) is 0 Å². The van der Waals surface area contributed by atoms with Gasteiger partial charge in [-0.15, -0.1) is 0 Å². The Labute approximate surface area is 100 Å². The maximum atomic E-state index is 11.2. The van der Waals surface area contributed by atoms with E-state index in [0.717, 1.165) is 11.3 Å². The van der Waals surface area contributed by atoms with Gasteiger partial charge in [0.1, 0.15) is 6.10 Å². The lowest BCUT2D eigenvalue weighted by atomic mass is 10.2. The minimum absolute atomic E-state index is 0.0163. The van der Waals surface area contributed by atoms with E-state index in [9.17, 15) is 9.90 Å². The average Bonchev–Trinajstić information content (AvgIpc) is 2.28. The fourth-order valence-electron chi connectivity index (χ4n) is 1.12. The number of hydrogen-bond donors (Lipinski definition) is 1. The second-order valence-corrected chi connectivity index (χ2v) is 4.48. The number of aliphatic hydroxyl groups is 1. The largest absolute Gasteiger partial charge is 0.380 e. The fourth-order valence-corrected chi connectivity index (χ4v) is 1.71. The van der Waals surface area contributed by atoms with E-state index in [2.05, 4.69) is 11.8 Å². The highest BCUT2D eigenvalue weighted by molar-refractivity contribution is 8.13. The molecule has 16 heavy (non-hydrogen) atoms. The number of carbonyl (C=O) groups excluding carboxylic acids is 1. The third kappa shape index (κ3) is 5.01. The van der Waals surface area contributed by atoms with Crippen molar-refractivity contribution < 1.29 is 9.90 Å². The predicted octanol–water partition coefficient (Wildman–Crippen LogP) is 2.07. The minimum Gasteiger partial charge on any atom is -0.380 e. The zero-order chi connectivity index (χ0) is 11.8. The number of thioether (sulfide) groups is 1. The molecule has 1 aromatic carbocycles. The summed E-state index contributed by atoms with van der Waals surface area (Å²) in [5.41, 5.74) is 0.845. The standard InChI is InChI=1S/C13H14O2S/c1-2-16-13(15)10-12(14)9-8-11-6-4-3-5-7-11/h3-7,12,14H,2,10H2,1H3/t12-/m1/s1. The Morgan fingerprint density at radius 2 is 2.12 bits per heavy atom. The Balaban J connectivity index is 2.49. The molecule has 0 fully saturated rings. The molecule has 0 saturated heterocycles. The molecule has 0 spiro atoms. The van der Waals surface area contributed by atoms with Crippen molar-refractivity contribution in [1.82, 2.24) is 0 Å². The van der Waals surface area contributed by atoms with E-state index < -0.39 is 6.10 Å². The molecule has 1 atom stereocenters. The fraction of sp³-hybridized carbons (Fsp3) is 0.308. The Hall–Kier alpha value is -1.24. The summed E-state index contributed by atoms with van der Waals surface area (Å²) >= 11 is 1.21. The van der Waals surface area contributed by atoms with Crippen LogP contribution in [-0.2, 0) is 4.79 Å². The number of hydrogen-bond acceptors (Lipinski definition) is 3. The number of aliphatic hydroxyl groups excluding tert-OH is 1. The maximum Gasteiger partial charge on any atom is 0.192 e.